The summed E-state index contributed by atoms with van der Waals surface area (Å²) in [5, 5.41) is 15.6. The molecule has 3 aromatic heterocycles. The molecule has 1 N–H and O–H groups in total. The second kappa shape index (κ2) is 4.52. The lowest BCUT2D eigenvalue weighted by molar-refractivity contribution is 1.06. The van der Waals surface area contributed by atoms with Crippen LogP contribution >= 0.6 is 0 Å². The van der Waals surface area contributed by atoms with E-state index in [0.717, 1.165) is 27.8 Å². The molecule has 102 valence electrons. The van der Waals surface area contributed by atoms with Gasteiger partial charge in [0.05, 0.1) is 23.1 Å². The summed E-state index contributed by atoms with van der Waals surface area (Å²) in [6.45, 7) is 2.09. The number of H-pyrrole nitrogens is 1. The fraction of sp³-hybridized carbons (Fsp3) is 0.0667. The average molecular weight is 276 g/mol. The van der Waals surface area contributed by atoms with Gasteiger partial charge in [0.15, 0.2) is 0 Å². The van der Waals surface area contributed by atoms with Crippen molar-refractivity contribution in [2.45, 2.75) is 6.92 Å². The smallest absolute Gasteiger partial charge is 0.123 e. The van der Waals surface area contributed by atoms with Crippen molar-refractivity contribution < 1.29 is 0 Å². The topological polar surface area (TPSA) is 72.3 Å². The maximum absolute atomic E-state index is 4.73. The summed E-state index contributed by atoms with van der Waals surface area (Å²) < 4.78 is 1.86. The first kappa shape index (κ1) is 11.8. The Hall–Kier alpha value is -3.02. The molecule has 0 spiro atoms. The molecule has 0 saturated heterocycles. The zero-order valence-electron chi connectivity index (χ0n) is 11.4. The number of hydrogen-bond acceptors (Lipinski definition) is 4. The molecule has 0 unspecified atom stereocenters. The number of nitrogens with one attached hydrogen (secondary N) is 1. The Morgan fingerprint density at radius 2 is 1.95 bits per heavy atom. The van der Waals surface area contributed by atoms with Crippen LogP contribution in [-0.2, 0) is 0 Å². The average Bonchev–Trinajstić information content (AvgIpc) is 3.20. The number of aromatic amines is 1. The minimum atomic E-state index is 0.912. The van der Waals surface area contributed by atoms with Gasteiger partial charge in [-0.15, -0.1) is 10.2 Å². The zero-order valence-corrected chi connectivity index (χ0v) is 11.4. The molecule has 21 heavy (non-hydrogen) atoms. The summed E-state index contributed by atoms with van der Waals surface area (Å²) in [6.07, 6.45) is 6.97. The Kier molecular flexibility index (Phi) is 2.53. The lowest BCUT2D eigenvalue weighted by Gasteiger charge is -2.07. The van der Waals surface area contributed by atoms with Crippen molar-refractivity contribution in [2.24, 2.45) is 0 Å². The normalized spacial score (nSPS) is 11.1. The summed E-state index contributed by atoms with van der Waals surface area (Å²) in [5.74, 6) is 0. The number of aromatic nitrogens is 6. The molecule has 4 aromatic rings. The third-order valence-electron chi connectivity index (χ3n) is 3.51. The molecular weight excluding hydrogens is 264 g/mol. The van der Waals surface area contributed by atoms with Crippen LogP contribution in [0.4, 0.5) is 0 Å². The second-order valence-corrected chi connectivity index (χ2v) is 4.88. The van der Waals surface area contributed by atoms with Crippen LogP contribution in [-0.4, -0.2) is 29.9 Å². The molecule has 4 rings (SSSR count). The Labute approximate surface area is 120 Å². The lowest BCUT2D eigenvalue weighted by Crippen LogP contribution is -1.93. The maximum atomic E-state index is 4.73. The van der Waals surface area contributed by atoms with Crippen LogP contribution in [0.2, 0.25) is 0 Å². The van der Waals surface area contributed by atoms with Crippen LogP contribution in [0, 0.1) is 6.92 Å². The van der Waals surface area contributed by atoms with E-state index in [0.29, 0.717) is 0 Å². The van der Waals surface area contributed by atoms with Gasteiger partial charge in [-0.2, -0.15) is 5.10 Å². The van der Waals surface area contributed by atoms with E-state index in [9.17, 15) is 0 Å². The Morgan fingerprint density at radius 3 is 2.71 bits per heavy atom. The maximum Gasteiger partial charge on any atom is 0.123 e. The Morgan fingerprint density at radius 1 is 1.10 bits per heavy atom. The molecule has 0 fully saturated rings. The molecule has 1 aromatic carbocycles. The number of rotatable bonds is 2. The predicted molar refractivity (Wildman–Crippen MR) is 79.0 cm³/mol. The van der Waals surface area contributed by atoms with E-state index in [1.54, 1.807) is 18.9 Å². The standard InChI is InChI=1S/C15H12N6/c1-10-4-14(11-6-16-17-7-11)20-15-5-12(2-3-13(10)15)21-8-18-19-9-21/h2-9H,1H3,(H,16,17). The lowest BCUT2D eigenvalue weighted by atomic mass is 10.1. The molecule has 3 heterocycles. The van der Waals surface area contributed by atoms with Crippen LogP contribution in [0.1, 0.15) is 5.56 Å². The van der Waals surface area contributed by atoms with Crippen molar-refractivity contribution in [1.82, 2.24) is 29.9 Å². The fourth-order valence-electron chi connectivity index (χ4n) is 2.42. The molecule has 0 radical (unpaired) electrons. The summed E-state index contributed by atoms with van der Waals surface area (Å²) in [4.78, 5) is 4.73. The van der Waals surface area contributed by atoms with Crippen LogP contribution in [0.25, 0.3) is 27.8 Å². The molecule has 0 aliphatic carbocycles. The van der Waals surface area contributed by atoms with Gasteiger partial charge < -0.3 is 0 Å². The van der Waals surface area contributed by atoms with Crippen LogP contribution in [0.3, 0.4) is 0 Å². The van der Waals surface area contributed by atoms with Gasteiger partial charge >= 0.3 is 0 Å². The molecule has 0 aliphatic heterocycles. The second-order valence-electron chi connectivity index (χ2n) is 4.88. The molecule has 0 aliphatic rings. The number of benzene rings is 1. The van der Waals surface area contributed by atoms with Crippen LogP contribution in [0.5, 0.6) is 0 Å². The molecule has 0 atom stereocenters. The van der Waals surface area contributed by atoms with Crippen molar-refractivity contribution in [3.05, 3.63) is 54.9 Å². The number of fused-ring (bicyclic) bond motifs is 1. The van der Waals surface area contributed by atoms with Gasteiger partial charge in [0.25, 0.3) is 0 Å². The predicted octanol–water partition coefficient (Wildman–Crippen LogP) is 2.51. The van der Waals surface area contributed by atoms with Crippen molar-refractivity contribution >= 4 is 10.9 Å². The van der Waals surface area contributed by atoms with E-state index >= 15 is 0 Å². The number of nitrogens with zero attached hydrogens (tertiary/aromatic N) is 5. The van der Waals surface area contributed by atoms with Gasteiger partial charge in [0.2, 0.25) is 0 Å². The monoisotopic (exact) mass is 276 g/mol. The van der Waals surface area contributed by atoms with Crippen molar-refractivity contribution in [1.29, 1.82) is 0 Å². The minimum Gasteiger partial charge on any atom is -0.288 e. The number of pyridine rings is 1. The number of aryl methyl sites for hydroxylation is 1. The van der Waals surface area contributed by atoms with Crippen molar-refractivity contribution in [3.63, 3.8) is 0 Å². The van der Waals surface area contributed by atoms with Gasteiger partial charge in [-0.25, -0.2) is 4.98 Å². The molecule has 0 bridgehead atoms. The van der Waals surface area contributed by atoms with E-state index in [4.69, 9.17) is 4.98 Å². The molecular formula is C15H12N6. The molecule has 6 heteroatoms. The molecule has 6 nitrogen and oxygen atoms in total. The van der Waals surface area contributed by atoms with E-state index in [1.165, 1.54) is 5.56 Å². The van der Waals surface area contributed by atoms with E-state index in [1.807, 2.05) is 22.9 Å². The summed E-state index contributed by atoms with van der Waals surface area (Å²) in [6, 6.07) is 8.23. The highest BCUT2D eigenvalue weighted by Gasteiger charge is 2.07. The summed E-state index contributed by atoms with van der Waals surface area (Å²) in [5.41, 5.74) is 5.01. The SMILES string of the molecule is Cc1cc(-c2cn[nH]c2)nc2cc(-n3cnnc3)ccc12. The Bertz CT molecular complexity index is 888. The van der Waals surface area contributed by atoms with Crippen LogP contribution < -0.4 is 0 Å². The first-order chi connectivity index (χ1) is 10.3. The zero-order chi connectivity index (χ0) is 14.2. The van der Waals surface area contributed by atoms with E-state index < -0.39 is 0 Å². The number of hydrogen-bond donors (Lipinski definition) is 1. The quantitative estimate of drug-likeness (QED) is 0.610. The third kappa shape index (κ3) is 1.97. The van der Waals surface area contributed by atoms with Gasteiger partial charge in [-0.3, -0.25) is 9.67 Å². The molecule has 0 amide bonds. The van der Waals surface area contributed by atoms with Gasteiger partial charge in [-0.1, -0.05) is 6.07 Å². The highest BCUT2D eigenvalue weighted by molar-refractivity contribution is 5.86. The molecule has 0 saturated carbocycles. The first-order valence-electron chi connectivity index (χ1n) is 6.57. The van der Waals surface area contributed by atoms with Gasteiger partial charge in [0, 0.05) is 17.1 Å². The highest BCUT2D eigenvalue weighted by Crippen LogP contribution is 2.25. The first-order valence-corrected chi connectivity index (χ1v) is 6.57. The van der Waals surface area contributed by atoms with Gasteiger partial charge in [0.1, 0.15) is 12.7 Å². The van der Waals surface area contributed by atoms with Crippen LogP contribution in [0.15, 0.2) is 49.3 Å². The summed E-state index contributed by atoms with van der Waals surface area (Å²) >= 11 is 0. The van der Waals surface area contributed by atoms with Gasteiger partial charge in [-0.05, 0) is 30.7 Å². The third-order valence-corrected chi connectivity index (χ3v) is 3.51. The van der Waals surface area contributed by atoms with Crippen molar-refractivity contribution in [2.75, 3.05) is 0 Å². The van der Waals surface area contributed by atoms with Crippen molar-refractivity contribution in [3.8, 4) is 16.9 Å². The largest absolute Gasteiger partial charge is 0.288 e. The minimum absolute atomic E-state index is 0.912. The van der Waals surface area contributed by atoms with E-state index in [-0.39, 0.29) is 0 Å². The summed E-state index contributed by atoms with van der Waals surface area (Å²) in [7, 11) is 0. The highest BCUT2D eigenvalue weighted by atomic mass is 15.2. The fourth-order valence-corrected chi connectivity index (χ4v) is 2.42. The van der Waals surface area contributed by atoms with E-state index in [2.05, 4.69) is 39.5 Å². The Balaban J connectivity index is 1.93.